The average Bonchev–Trinajstić information content (AvgIpc) is 2.42. The largest absolute Gasteiger partial charge is 0.338 e. The lowest BCUT2D eigenvalue weighted by Gasteiger charge is -2.52. The van der Waals surface area contributed by atoms with Crippen LogP contribution in [0, 0.1) is 31.1 Å². The lowest BCUT2D eigenvalue weighted by Crippen LogP contribution is -2.50. The number of anilines is 1. The highest BCUT2D eigenvalue weighted by atomic mass is 16.2. The second-order valence-corrected chi connectivity index (χ2v) is 6.96. The molecule has 0 bridgehead atoms. The molecule has 1 fully saturated rings. The van der Waals surface area contributed by atoms with Gasteiger partial charge in [0.05, 0.1) is 0 Å². The average molecular weight is 288 g/mol. The predicted molar refractivity (Wildman–Crippen MR) is 88.6 cm³/mol. The standard InChI is InChI=1S/C18H28N2O/c1-6-14-10-15(18(14,4)5)11-19-17(21)20-16-12(2)8-7-9-13(16)3/h7-9,14-15H,6,10-11H2,1-5H3,(H2,19,20,21). The monoisotopic (exact) mass is 288 g/mol. The van der Waals surface area contributed by atoms with E-state index in [2.05, 4.69) is 31.4 Å². The lowest BCUT2D eigenvalue weighted by atomic mass is 9.54. The summed E-state index contributed by atoms with van der Waals surface area (Å²) in [6.07, 6.45) is 2.46. The Hall–Kier alpha value is -1.51. The first-order chi connectivity index (χ1) is 9.86. The van der Waals surface area contributed by atoms with Crippen molar-refractivity contribution in [3.05, 3.63) is 29.3 Å². The van der Waals surface area contributed by atoms with E-state index in [1.807, 2.05) is 32.0 Å². The van der Waals surface area contributed by atoms with Crippen molar-refractivity contribution in [2.45, 2.75) is 47.5 Å². The first-order valence-corrected chi connectivity index (χ1v) is 7.97. The summed E-state index contributed by atoms with van der Waals surface area (Å²) in [5.74, 6) is 1.39. The Kier molecular flexibility index (Phi) is 4.60. The second-order valence-electron chi connectivity index (χ2n) is 6.96. The van der Waals surface area contributed by atoms with Gasteiger partial charge in [0.1, 0.15) is 0 Å². The molecule has 2 N–H and O–H groups in total. The summed E-state index contributed by atoms with van der Waals surface area (Å²) in [5.41, 5.74) is 3.47. The van der Waals surface area contributed by atoms with Crippen LogP contribution in [0.1, 0.15) is 44.7 Å². The van der Waals surface area contributed by atoms with Crippen LogP contribution in [0.3, 0.4) is 0 Å². The van der Waals surface area contributed by atoms with E-state index in [1.165, 1.54) is 12.8 Å². The van der Waals surface area contributed by atoms with Gasteiger partial charge in [-0.05, 0) is 48.6 Å². The van der Waals surface area contributed by atoms with Gasteiger partial charge in [-0.3, -0.25) is 0 Å². The van der Waals surface area contributed by atoms with Crippen LogP contribution < -0.4 is 10.6 Å². The number of hydrogen-bond donors (Lipinski definition) is 2. The van der Waals surface area contributed by atoms with E-state index in [9.17, 15) is 4.79 Å². The normalized spacial score (nSPS) is 23.3. The maximum Gasteiger partial charge on any atom is 0.319 e. The zero-order chi connectivity index (χ0) is 15.6. The van der Waals surface area contributed by atoms with Gasteiger partial charge in [0.2, 0.25) is 0 Å². The highest BCUT2D eigenvalue weighted by Crippen LogP contribution is 2.52. The zero-order valence-electron chi connectivity index (χ0n) is 13.9. The maximum atomic E-state index is 12.1. The molecule has 1 aliphatic rings. The fraction of sp³-hybridized carbons (Fsp3) is 0.611. The van der Waals surface area contributed by atoms with Crippen molar-refractivity contribution < 1.29 is 4.79 Å². The third-order valence-corrected chi connectivity index (χ3v) is 5.39. The van der Waals surface area contributed by atoms with Crippen molar-refractivity contribution in [2.75, 3.05) is 11.9 Å². The van der Waals surface area contributed by atoms with E-state index in [-0.39, 0.29) is 6.03 Å². The number of carbonyl (C=O) groups is 1. The first-order valence-electron chi connectivity index (χ1n) is 7.97. The SMILES string of the molecule is CCC1CC(CNC(=O)Nc2c(C)cccc2C)C1(C)C. The quantitative estimate of drug-likeness (QED) is 0.841. The Balaban J connectivity index is 1.87. The Labute approximate surface area is 128 Å². The summed E-state index contributed by atoms with van der Waals surface area (Å²) < 4.78 is 0. The number of benzene rings is 1. The molecule has 0 aromatic heterocycles. The minimum atomic E-state index is -0.0943. The minimum Gasteiger partial charge on any atom is -0.338 e. The molecule has 0 radical (unpaired) electrons. The van der Waals surface area contributed by atoms with Crippen molar-refractivity contribution in [3.63, 3.8) is 0 Å². The molecule has 1 saturated carbocycles. The van der Waals surface area contributed by atoms with E-state index >= 15 is 0 Å². The Morgan fingerprint density at radius 1 is 1.24 bits per heavy atom. The molecular formula is C18H28N2O. The Morgan fingerprint density at radius 3 is 2.38 bits per heavy atom. The van der Waals surface area contributed by atoms with Crippen LogP contribution in [-0.4, -0.2) is 12.6 Å². The number of hydrogen-bond acceptors (Lipinski definition) is 1. The smallest absolute Gasteiger partial charge is 0.319 e. The van der Waals surface area contributed by atoms with Crippen LogP contribution in [0.2, 0.25) is 0 Å². The Morgan fingerprint density at radius 2 is 1.86 bits per heavy atom. The topological polar surface area (TPSA) is 41.1 Å². The molecule has 0 heterocycles. The summed E-state index contributed by atoms with van der Waals surface area (Å²) >= 11 is 0. The minimum absolute atomic E-state index is 0.0943. The fourth-order valence-corrected chi connectivity index (χ4v) is 3.55. The number of rotatable bonds is 4. The van der Waals surface area contributed by atoms with Gasteiger partial charge in [-0.15, -0.1) is 0 Å². The van der Waals surface area contributed by atoms with E-state index in [0.717, 1.165) is 29.3 Å². The van der Waals surface area contributed by atoms with Crippen molar-refractivity contribution in [3.8, 4) is 0 Å². The molecule has 0 saturated heterocycles. The number of para-hydroxylation sites is 1. The molecule has 116 valence electrons. The number of amides is 2. The van der Waals surface area contributed by atoms with E-state index in [1.54, 1.807) is 0 Å². The van der Waals surface area contributed by atoms with Crippen LogP contribution in [0.5, 0.6) is 0 Å². The highest BCUT2D eigenvalue weighted by molar-refractivity contribution is 5.90. The van der Waals surface area contributed by atoms with E-state index in [0.29, 0.717) is 11.3 Å². The van der Waals surface area contributed by atoms with Gasteiger partial charge in [0, 0.05) is 12.2 Å². The molecule has 1 aromatic carbocycles. The highest BCUT2D eigenvalue weighted by Gasteiger charge is 2.46. The van der Waals surface area contributed by atoms with Crippen LogP contribution in [0.4, 0.5) is 10.5 Å². The number of carbonyl (C=O) groups excluding carboxylic acids is 1. The van der Waals surface area contributed by atoms with E-state index in [4.69, 9.17) is 0 Å². The lowest BCUT2D eigenvalue weighted by molar-refractivity contribution is -0.0193. The molecule has 2 rings (SSSR count). The third kappa shape index (κ3) is 3.22. The number of nitrogens with one attached hydrogen (secondary N) is 2. The fourth-order valence-electron chi connectivity index (χ4n) is 3.55. The van der Waals surface area contributed by atoms with Gasteiger partial charge in [-0.25, -0.2) is 4.79 Å². The van der Waals surface area contributed by atoms with Gasteiger partial charge < -0.3 is 10.6 Å². The summed E-state index contributed by atoms with van der Waals surface area (Å²) in [6, 6.07) is 5.95. The van der Waals surface area contributed by atoms with Gasteiger partial charge >= 0.3 is 6.03 Å². The second kappa shape index (κ2) is 6.08. The Bertz CT molecular complexity index is 502. The molecule has 1 aromatic rings. The molecule has 1 aliphatic carbocycles. The van der Waals surface area contributed by atoms with Crippen molar-refractivity contribution in [2.24, 2.45) is 17.3 Å². The van der Waals surface area contributed by atoms with Gasteiger partial charge in [0.15, 0.2) is 0 Å². The van der Waals surface area contributed by atoms with Gasteiger partial charge in [-0.2, -0.15) is 0 Å². The number of aryl methyl sites for hydroxylation is 2. The predicted octanol–water partition coefficient (Wildman–Crippen LogP) is 4.50. The molecule has 3 nitrogen and oxygen atoms in total. The number of urea groups is 1. The van der Waals surface area contributed by atoms with E-state index < -0.39 is 0 Å². The molecule has 2 amide bonds. The van der Waals surface area contributed by atoms with Crippen molar-refractivity contribution >= 4 is 11.7 Å². The van der Waals surface area contributed by atoms with Gasteiger partial charge in [0.25, 0.3) is 0 Å². The van der Waals surface area contributed by atoms with Gasteiger partial charge in [-0.1, -0.05) is 45.4 Å². The van der Waals surface area contributed by atoms with Crippen LogP contribution in [0.25, 0.3) is 0 Å². The molecule has 21 heavy (non-hydrogen) atoms. The zero-order valence-corrected chi connectivity index (χ0v) is 13.9. The van der Waals surface area contributed by atoms with Crippen LogP contribution >= 0.6 is 0 Å². The van der Waals surface area contributed by atoms with Crippen molar-refractivity contribution in [1.29, 1.82) is 0 Å². The maximum absolute atomic E-state index is 12.1. The molecule has 2 atom stereocenters. The molecule has 3 heteroatoms. The van der Waals surface area contributed by atoms with Crippen molar-refractivity contribution in [1.82, 2.24) is 5.32 Å². The van der Waals surface area contributed by atoms with Crippen LogP contribution in [0.15, 0.2) is 18.2 Å². The molecule has 0 aliphatic heterocycles. The summed E-state index contributed by atoms with van der Waals surface area (Å²) in [4.78, 5) is 12.1. The summed E-state index contributed by atoms with van der Waals surface area (Å²) in [6.45, 7) is 11.7. The third-order valence-electron chi connectivity index (χ3n) is 5.39. The first kappa shape index (κ1) is 15.9. The summed E-state index contributed by atoms with van der Waals surface area (Å²) in [7, 11) is 0. The van der Waals surface area contributed by atoms with Crippen LogP contribution in [-0.2, 0) is 0 Å². The molecule has 0 spiro atoms. The molecular weight excluding hydrogens is 260 g/mol. The molecule has 2 unspecified atom stereocenters. The summed E-state index contributed by atoms with van der Waals surface area (Å²) in [5, 5.41) is 6.02.